The van der Waals surface area contributed by atoms with Crippen LogP contribution in [0, 0.1) is 0 Å². The molecule has 2 unspecified atom stereocenters. The van der Waals surface area contributed by atoms with Crippen molar-refractivity contribution in [1.82, 2.24) is 15.1 Å². The molecule has 0 bridgehead atoms. The molecular formula is C14H25N3O. The summed E-state index contributed by atoms with van der Waals surface area (Å²) >= 11 is 0. The Morgan fingerprint density at radius 3 is 3.00 bits per heavy atom. The standard InChI is InChI=1S/C14H25N3O/c1-3-9-18-12-10-16-17(11-12)14-8-6-4-5-7-13(14)15-2/h10-11,13-15H,3-9H2,1-2H3. The van der Waals surface area contributed by atoms with Crippen LogP contribution < -0.4 is 10.1 Å². The van der Waals surface area contributed by atoms with E-state index in [1.807, 2.05) is 6.20 Å². The lowest BCUT2D eigenvalue weighted by Gasteiger charge is -2.24. The Kier molecular flexibility index (Phi) is 5.05. The number of nitrogens with one attached hydrogen (secondary N) is 1. The molecule has 18 heavy (non-hydrogen) atoms. The molecule has 1 saturated carbocycles. The summed E-state index contributed by atoms with van der Waals surface area (Å²) in [6.45, 7) is 2.89. The van der Waals surface area contributed by atoms with Gasteiger partial charge in [0.25, 0.3) is 0 Å². The third-order valence-corrected chi connectivity index (χ3v) is 3.74. The van der Waals surface area contributed by atoms with Crippen LogP contribution in [-0.4, -0.2) is 29.5 Å². The van der Waals surface area contributed by atoms with Crippen LogP contribution in [0.4, 0.5) is 0 Å². The predicted octanol–water partition coefficient (Wildman–Crippen LogP) is 2.77. The molecule has 1 aliphatic carbocycles. The van der Waals surface area contributed by atoms with Crippen molar-refractivity contribution in [2.24, 2.45) is 0 Å². The first-order valence-electron chi connectivity index (χ1n) is 7.19. The highest BCUT2D eigenvalue weighted by Crippen LogP contribution is 2.28. The molecule has 1 aromatic heterocycles. The molecule has 2 atom stereocenters. The molecule has 102 valence electrons. The predicted molar refractivity (Wildman–Crippen MR) is 73.0 cm³/mol. The van der Waals surface area contributed by atoms with E-state index in [0.717, 1.165) is 18.8 Å². The zero-order valence-corrected chi connectivity index (χ0v) is 11.6. The lowest BCUT2D eigenvalue weighted by Crippen LogP contribution is -2.34. The number of ether oxygens (including phenoxy) is 1. The van der Waals surface area contributed by atoms with Crippen LogP contribution in [-0.2, 0) is 0 Å². The highest BCUT2D eigenvalue weighted by Gasteiger charge is 2.24. The number of hydrogen-bond donors (Lipinski definition) is 1. The Balaban J connectivity index is 2.05. The largest absolute Gasteiger partial charge is 0.490 e. The molecule has 0 amide bonds. The van der Waals surface area contributed by atoms with Crippen molar-refractivity contribution in [3.8, 4) is 5.75 Å². The van der Waals surface area contributed by atoms with Crippen LogP contribution in [0.15, 0.2) is 12.4 Å². The van der Waals surface area contributed by atoms with Crippen molar-refractivity contribution in [3.05, 3.63) is 12.4 Å². The lowest BCUT2D eigenvalue weighted by molar-refractivity contribution is 0.308. The van der Waals surface area contributed by atoms with E-state index in [1.54, 1.807) is 0 Å². The highest BCUT2D eigenvalue weighted by molar-refractivity contribution is 5.12. The van der Waals surface area contributed by atoms with Crippen LogP contribution >= 0.6 is 0 Å². The summed E-state index contributed by atoms with van der Waals surface area (Å²) in [5.41, 5.74) is 0. The van der Waals surface area contributed by atoms with Gasteiger partial charge in [-0.3, -0.25) is 4.68 Å². The van der Waals surface area contributed by atoms with Crippen molar-refractivity contribution >= 4 is 0 Å². The number of aromatic nitrogens is 2. The SMILES string of the molecule is CCCOc1cnn(C2CCCCCC2NC)c1. The summed E-state index contributed by atoms with van der Waals surface area (Å²) in [4.78, 5) is 0. The minimum absolute atomic E-state index is 0.469. The maximum atomic E-state index is 5.62. The smallest absolute Gasteiger partial charge is 0.157 e. The third kappa shape index (κ3) is 3.25. The summed E-state index contributed by atoms with van der Waals surface area (Å²) < 4.78 is 7.72. The van der Waals surface area contributed by atoms with Crippen LogP contribution in [0.5, 0.6) is 5.75 Å². The van der Waals surface area contributed by atoms with Gasteiger partial charge in [0.1, 0.15) is 0 Å². The molecule has 0 aromatic carbocycles. The maximum absolute atomic E-state index is 5.62. The molecule has 1 aromatic rings. The van der Waals surface area contributed by atoms with E-state index < -0.39 is 0 Å². The summed E-state index contributed by atoms with van der Waals surface area (Å²) in [5, 5.41) is 7.93. The number of rotatable bonds is 5. The maximum Gasteiger partial charge on any atom is 0.157 e. The van der Waals surface area contributed by atoms with Gasteiger partial charge in [-0.1, -0.05) is 26.2 Å². The van der Waals surface area contributed by atoms with Crippen LogP contribution in [0.3, 0.4) is 0 Å². The van der Waals surface area contributed by atoms with Gasteiger partial charge in [0.15, 0.2) is 5.75 Å². The van der Waals surface area contributed by atoms with Crippen LogP contribution in [0.2, 0.25) is 0 Å². The minimum atomic E-state index is 0.469. The van der Waals surface area contributed by atoms with E-state index in [9.17, 15) is 0 Å². The fourth-order valence-corrected chi connectivity index (χ4v) is 2.74. The first kappa shape index (κ1) is 13.4. The lowest BCUT2D eigenvalue weighted by atomic mass is 10.0. The second-order valence-corrected chi connectivity index (χ2v) is 5.11. The van der Waals surface area contributed by atoms with E-state index in [-0.39, 0.29) is 0 Å². The van der Waals surface area contributed by atoms with Crippen molar-refractivity contribution in [1.29, 1.82) is 0 Å². The Morgan fingerprint density at radius 1 is 1.39 bits per heavy atom. The van der Waals surface area contributed by atoms with Gasteiger partial charge in [-0.05, 0) is 26.3 Å². The van der Waals surface area contributed by atoms with Crippen molar-refractivity contribution in [3.63, 3.8) is 0 Å². The molecule has 2 rings (SSSR count). The molecular weight excluding hydrogens is 226 g/mol. The van der Waals surface area contributed by atoms with Gasteiger partial charge in [0.2, 0.25) is 0 Å². The van der Waals surface area contributed by atoms with Crippen molar-refractivity contribution in [2.75, 3.05) is 13.7 Å². The fourth-order valence-electron chi connectivity index (χ4n) is 2.74. The van der Waals surface area contributed by atoms with Gasteiger partial charge in [0.05, 0.1) is 25.0 Å². The van der Waals surface area contributed by atoms with Crippen molar-refractivity contribution in [2.45, 2.75) is 57.5 Å². The molecule has 4 nitrogen and oxygen atoms in total. The van der Waals surface area contributed by atoms with Gasteiger partial charge in [0, 0.05) is 6.04 Å². The van der Waals surface area contributed by atoms with Gasteiger partial charge in [-0.25, -0.2) is 0 Å². The topological polar surface area (TPSA) is 39.1 Å². The van der Waals surface area contributed by atoms with Crippen LogP contribution in [0.1, 0.15) is 51.5 Å². The second-order valence-electron chi connectivity index (χ2n) is 5.11. The first-order chi connectivity index (χ1) is 8.85. The molecule has 0 radical (unpaired) electrons. The Labute approximate surface area is 110 Å². The average Bonchev–Trinajstić information content (AvgIpc) is 2.73. The number of hydrogen-bond acceptors (Lipinski definition) is 3. The normalized spacial score (nSPS) is 24.8. The molecule has 1 heterocycles. The van der Waals surface area contributed by atoms with E-state index in [2.05, 4.69) is 35.3 Å². The summed E-state index contributed by atoms with van der Waals surface area (Å²) in [6.07, 6.45) is 11.3. The van der Waals surface area contributed by atoms with Gasteiger partial charge >= 0.3 is 0 Å². The minimum Gasteiger partial charge on any atom is -0.490 e. The second kappa shape index (κ2) is 6.78. The Hall–Kier alpha value is -1.03. The molecule has 1 N–H and O–H groups in total. The molecule has 0 aliphatic heterocycles. The quantitative estimate of drug-likeness (QED) is 0.818. The first-order valence-corrected chi connectivity index (χ1v) is 7.19. The monoisotopic (exact) mass is 251 g/mol. The molecule has 0 saturated heterocycles. The zero-order valence-electron chi connectivity index (χ0n) is 11.6. The summed E-state index contributed by atoms with van der Waals surface area (Å²) in [5.74, 6) is 0.899. The molecule has 1 aliphatic rings. The number of likely N-dealkylation sites (N-methyl/N-ethyl adjacent to an activating group) is 1. The van der Waals surface area contributed by atoms with Crippen molar-refractivity contribution < 1.29 is 4.74 Å². The highest BCUT2D eigenvalue weighted by atomic mass is 16.5. The van der Waals surface area contributed by atoms with E-state index >= 15 is 0 Å². The molecule has 0 spiro atoms. The van der Waals surface area contributed by atoms with E-state index in [1.165, 1.54) is 32.1 Å². The van der Waals surface area contributed by atoms with Gasteiger partial charge in [-0.2, -0.15) is 5.10 Å². The average molecular weight is 251 g/mol. The summed E-state index contributed by atoms with van der Waals surface area (Å²) in [7, 11) is 2.06. The molecule has 4 heteroatoms. The summed E-state index contributed by atoms with van der Waals surface area (Å²) in [6, 6.07) is 1.00. The fraction of sp³-hybridized carbons (Fsp3) is 0.786. The van der Waals surface area contributed by atoms with Gasteiger partial charge in [-0.15, -0.1) is 0 Å². The number of nitrogens with zero attached hydrogens (tertiary/aromatic N) is 2. The third-order valence-electron chi connectivity index (χ3n) is 3.74. The van der Waals surface area contributed by atoms with Crippen LogP contribution in [0.25, 0.3) is 0 Å². The zero-order chi connectivity index (χ0) is 12.8. The Morgan fingerprint density at radius 2 is 2.22 bits per heavy atom. The van der Waals surface area contributed by atoms with E-state index in [4.69, 9.17) is 4.74 Å². The van der Waals surface area contributed by atoms with E-state index in [0.29, 0.717) is 12.1 Å². The Bertz CT molecular complexity index is 351. The molecule has 1 fully saturated rings. The van der Waals surface area contributed by atoms with Gasteiger partial charge < -0.3 is 10.1 Å².